The van der Waals surface area contributed by atoms with Crippen LogP contribution in [0.15, 0.2) is 46.9 Å². The fraction of sp³-hybridized carbons (Fsp3) is 0.407. The summed E-state index contributed by atoms with van der Waals surface area (Å²) in [6, 6.07) is 12.7. The van der Waals surface area contributed by atoms with E-state index in [0.717, 1.165) is 35.2 Å². The number of phenols is 1. The summed E-state index contributed by atoms with van der Waals surface area (Å²) in [5.41, 5.74) is 3.23. The number of rotatable bonds is 8. The third-order valence-corrected chi connectivity index (χ3v) is 6.79. The summed E-state index contributed by atoms with van der Waals surface area (Å²) in [5.74, 6) is 0.350. The Labute approximate surface area is 199 Å². The SMILES string of the molecule is Cc1oc2cc(O)ccc2c1C(Nc1ccc(C(=O)N(C)CCC(=O)O)cc1)C1CCCCC1. The summed E-state index contributed by atoms with van der Waals surface area (Å²) >= 11 is 0. The molecular weight excluding hydrogens is 432 g/mol. The first kappa shape index (κ1) is 23.7. The van der Waals surface area contributed by atoms with Crippen molar-refractivity contribution in [3.63, 3.8) is 0 Å². The van der Waals surface area contributed by atoms with Crippen molar-refractivity contribution in [1.29, 1.82) is 0 Å². The van der Waals surface area contributed by atoms with Crippen molar-refractivity contribution in [3.05, 3.63) is 59.4 Å². The molecule has 2 aromatic carbocycles. The third kappa shape index (κ3) is 5.19. The number of anilines is 1. The third-order valence-electron chi connectivity index (χ3n) is 6.79. The first-order valence-electron chi connectivity index (χ1n) is 11.9. The number of hydrogen-bond donors (Lipinski definition) is 3. The number of nitrogens with one attached hydrogen (secondary N) is 1. The molecular formula is C27H32N2O5. The first-order chi connectivity index (χ1) is 16.3. The minimum Gasteiger partial charge on any atom is -0.508 e. The Hall–Kier alpha value is -3.48. The second-order valence-electron chi connectivity index (χ2n) is 9.22. The molecule has 0 spiro atoms. The summed E-state index contributed by atoms with van der Waals surface area (Å²) in [7, 11) is 1.61. The lowest BCUT2D eigenvalue weighted by Gasteiger charge is -2.32. The van der Waals surface area contributed by atoms with Crippen molar-refractivity contribution in [2.45, 2.75) is 51.5 Å². The molecule has 1 amide bonds. The molecule has 1 fully saturated rings. The molecule has 7 heteroatoms. The quantitative estimate of drug-likeness (QED) is 0.394. The molecule has 180 valence electrons. The number of carbonyl (C=O) groups is 2. The van der Waals surface area contributed by atoms with E-state index in [1.165, 1.54) is 24.2 Å². The maximum Gasteiger partial charge on any atom is 0.305 e. The predicted molar refractivity (Wildman–Crippen MR) is 131 cm³/mol. The molecule has 1 atom stereocenters. The van der Waals surface area contributed by atoms with Crippen LogP contribution in [0.3, 0.4) is 0 Å². The average molecular weight is 465 g/mol. The topological polar surface area (TPSA) is 103 Å². The van der Waals surface area contributed by atoms with Gasteiger partial charge in [0, 0.05) is 41.9 Å². The van der Waals surface area contributed by atoms with Crippen molar-refractivity contribution in [2.24, 2.45) is 5.92 Å². The molecule has 3 aromatic rings. The molecule has 3 N–H and O–H groups in total. The molecule has 7 nitrogen and oxygen atoms in total. The molecule has 1 aliphatic carbocycles. The summed E-state index contributed by atoms with van der Waals surface area (Å²) in [6.45, 7) is 2.14. The highest BCUT2D eigenvalue weighted by molar-refractivity contribution is 5.94. The minimum atomic E-state index is -0.926. The number of benzene rings is 2. The number of aryl methyl sites for hydroxylation is 1. The molecule has 1 unspecified atom stereocenters. The van der Waals surface area contributed by atoms with E-state index in [2.05, 4.69) is 5.32 Å². The van der Waals surface area contributed by atoms with Gasteiger partial charge < -0.3 is 24.8 Å². The fourth-order valence-electron chi connectivity index (χ4n) is 4.98. The van der Waals surface area contributed by atoms with E-state index in [9.17, 15) is 14.7 Å². The van der Waals surface area contributed by atoms with Crippen LogP contribution >= 0.6 is 0 Å². The number of carbonyl (C=O) groups excluding carboxylic acids is 1. The minimum absolute atomic E-state index is 0.0471. The van der Waals surface area contributed by atoms with Gasteiger partial charge in [0.1, 0.15) is 17.1 Å². The predicted octanol–water partition coefficient (Wildman–Crippen LogP) is 5.73. The number of nitrogens with zero attached hydrogens (tertiary/aromatic N) is 1. The molecule has 0 radical (unpaired) electrons. The van der Waals surface area contributed by atoms with E-state index < -0.39 is 5.97 Å². The molecule has 0 aliphatic heterocycles. The van der Waals surface area contributed by atoms with Gasteiger partial charge in [-0.1, -0.05) is 19.3 Å². The Morgan fingerprint density at radius 1 is 1.12 bits per heavy atom. The average Bonchev–Trinajstić information content (AvgIpc) is 3.15. The van der Waals surface area contributed by atoms with Gasteiger partial charge in [-0.2, -0.15) is 0 Å². The lowest BCUT2D eigenvalue weighted by atomic mass is 9.80. The summed E-state index contributed by atoms with van der Waals surface area (Å²) in [4.78, 5) is 24.8. The van der Waals surface area contributed by atoms with Crippen LogP contribution in [0.4, 0.5) is 5.69 Å². The molecule has 1 saturated carbocycles. The summed E-state index contributed by atoms with van der Waals surface area (Å²) < 4.78 is 6.01. The van der Waals surface area contributed by atoms with Gasteiger partial charge in [0.15, 0.2) is 0 Å². The van der Waals surface area contributed by atoms with Crippen molar-refractivity contribution in [1.82, 2.24) is 4.90 Å². The highest BCUT2D eigenvalue weighted by Crippen LogP contribution is 2.42. The van der Waals surface area contributed by atoms with E-state index in [-0.39, 0.29) is 30.7 Å². The molecule has 0 bridgehead atoms. The Bertz CT molecular complexity index is 1160. The highest BCUT2D eigenvalue weighted by atomic mass is 16.4. The van der Waals surface area contributed by atoms with E-state index in [0.29, 0.717) is 17.1 Å². The van der Waals surface area contributed by atoms with Crippen LogP contribution in [-0.2, 0) is 4.79 Å². The zero-order valence-electron chi connectivity index (χ0n) is 19.7. The number of phenolic OH excluding ortho intramolecular Hbond substituents is 1. The normalized spacial score (nSPS) is 15.2. The van der Waals surface area contributed by atoms with Crippen molar-refractivity contribution >= 4 is 28.5 Å². The Balaban J connectivity index is 1.59. The summed E-state index contributed by atoms with van der Waals surface area (Å²) in [6.07, 6.45) is 5.85. The van der Waals surface area contributed by atoms with Gasteiger partial charge in [-0.05, 0) is 62.1 Å². The number of carboxylic acids is 1. The zero-order chi connectivity index (χ0) is 24.2. The highest BCUT2D eigenvalue weighted by Gasteiger charge is 2.30. The number of amides is 1. The van der Waals surface area contributed by atoms with E-state index in [4.69, 9.17) is 9.52 Å². The summed E-state index contributed by atoms with van der Waals surface area (Å²) in [5, 5.41) is 23.5. The van der Waals surface area contributed by atoms with Gasteiger partial charge in [0.2, 0.25) is 0 Å². The fourth-order valence-corrected chi connectivity index (χ4v) is 4.98. The van der Waals surface area contributed by atoms with Crippen LogP contribution in [0.25, 0.3) is 11.0 Å². The Morgan fingerprint density at radius 3 is 2.50 bits per heavy atom. The lowest BCUT2D eigenvalue weighted by Crippen LogP contribution is -2.29. The second-order valence-corrected chi connectivity index (χ2v) is 9.22. The standard InChI is InChI=1S/C27H32N2O5/c1-17-25(22-13-12-21(30)16-23(22)34-17)26(18-6-4-3-5-7-18)28-20-10-8-19(9-11-20)27(33)29(2)15-14-24(31)32/h8-13,16,18,26,28,30H,3-7,14-15H2,1-2H3,(H,31,32). The van der Waals surface area contributed by atoms with Gasteiger partial charge in [-0.3, -0.25) is 9.59 Å². The maximum atomic E-state index is 12.6. The number of aliphatic carboxylic acids is 1. The molecule has 0 saturated heterocycles. The number of aromatic hydroxyl groups is 1. The van der Waals surface area contributed by atoms with Crippen molar-refractivity contribution in [3.8, 4) is 5.75 Å². The van der Waals surface area contributed by atoms with Gasteiger partial charge >= 0.3 is 5.97 Å². The lowest BCUT2D eigenvalue weighted by molar-refractivity contribution is -0.137. The molecule has 4 rings (SSSR count). The van der Waals surface area contributed by atoms with E-state index in [1.807, 2.05) is 25.1 Å². The molecule has 34 heavy (non-hydrogen) atoms. The van der Waals surface area contributed by atoms with Crippen LogP contribution in [0.2, 0.25) is 0 Å². The van der Waals surface area contributed by atoms with Gasteiger partial charge in [-0.15, -0.1) is 0 Å². The van der Waals surface area contributed by atoms with Gasteiger partial charge in [0.05, 0.1) is 12.5 Å². The molecule has 1 aromatic heterocycles. The molecule has 1 aliphatic rings. The number of fused-ring (bicyclic) bond motifs is 1. The van der Waals surface area contributed by atoms with E-state index >= 15 is 0 Å². The smallest absolute Gasteiger partial charge is 0.305 e. The Morgan fingerprint density at radius 2 is 1.82 bits per heavy atom. The maximum absolute atomic E-state index is 12.6. The largest absolute Gasteiger partial charge is 0.508 e. The Kier molecular flexibility index (Phi) is 7.10. The van der Waals surface area contributed by atoms with Crippen molar-refractivity contribution < 1.29 is 24.2 Å². The van der Waals surface area contributed by atoms with Crippen molar-refractivity contribution in [2.75, 3.05) is 18.9 Å². The van der Waals surface area contributed by atoms with Gasteiger partial charge in [-0.25, -0.2) is 0 Å². The number of furan rings is 1. The number of carboxylic acid groups (broad SMARTS) is 1. The van der Waals surface area contributed by atoms with Gasteiger partial charge in [0.25, 0.3) is 5.91 Å². The monoisotopic (exact) mass is 464 g/mol. The number of hydrogen-bond acceptors (Lipinski definition) is 5. The van der Waals surface area contributed by atoms with Crippen LogP contribution in [-0.4, -0.2) is 40.6 Å². The van der Waals surface area contributed by atoms with Crippen LogP contribution < -0.4 is 5.32 Å². The zero-order valence-corrected chi connectivity index (χ0v) is 19.7. The first-order valence-corrected chi connectivity index (χ1v) is 11.9. The molecule has 1 heterocycles. The van der Waals surface area contributed by atoms with E-state index in [1.54, 1.807) is 31.3 Å². The van der Waals surface area contributed by atoms with Crippen LogP contribution in [0.1, 0.15) is 66.2 Å². The second kappa shape index (κ2) is 10.2. The van der Waals surface area contributed by atoms with Crippen LogP contribution in [0, 0.1) is 12.8 Å². The van der Waals surface area contributed by atoms with Crippen LogP contribution in [0.5, 0.6) is 5.75 Å².